The number of hydrogen-bond acceptors (Lipinski definition) is 2. The molecule has 3 nitrogen and oxygen atoms in total. The summed E-state index contributed by atoms with van der Waals surface area (Å²) in [6.07, 6.45) is 2.01. The first kappa shape index (κ1) is 16.9. The minimum Gasteiger partial charge on any atom is -0.296 e. The van der Waals surface area contributed by atoms with Gasteiger partial charge in [0.05, 0.1) is 11.3 Å². The lowest BCUT2D eigenvalue weighted by Gasteiger charge is -2.34. The molecular weight excluding hydrogens is 353 g/mol. The predicted octanol–water partition coefficient (Wildman–Crippen LogP) is 4.94. The lowest BCUT2D eigenvalue weighted by Crippen LogP contribution is -2.40. The molecule has 2 fully saturated rings. The van der Waals surface area contributed by atoms with Gasteiger partial charge in [0.1, 0.15) is 5.60 Å². The molecule has 0 spiro atoms. The van der Waals surface area contributed by atoms with Crippen LogP contribution in [0.25, 0.3) is 0 Å². The summed E-state index contributed by atoms with van der Waals surface area (Å²) in [5.74, 6) is 0. The van der Waals surface area contributed by atoms with E-state index < -0.39 is 13.1 Å². The fraction of sp³-hybridized carbons (Fsp3) is 0.217. The molecule has 136 valence electrons. The average Bonchev–Trinajstić information content (AvgIpc) is 3.33. The van der Waals surface area contributed by atoms with Crippen molar-refractivity contribution in [3.8, 4) is 0 Å². The molecule has 27 heavy (non-hydrogen) atoms. The van der Waals surface area contributed by atoms with Crippen molar-refractivity contribution in [3.05, 3.63) is 102 Å². The Hall–Kier alpha value is -2.19. The van der Waals surface area contributed by atoms with Crippen LogP contribution in [0.15, 0.2) is 91.0 Å². The van der Waals surface area contributed by atoms with E-state index in [0.29, 0.717) is 0 Å². The highest BCUT2D eigenvalue weighted by Crippen LogP contribution is 2.68. The van der Waals surface area contributed by atoms with Gasteiger partial charge in [0, 0.05) is 6.54 Å². The van der Waals surface area contributed by atoms with Crippen LogP contribution in [-0.2, 0) is 14.7 Å². The van der Waals surface area contributed by atoms with E-state index in [1.54, 1.807) is 0 Å². The first-order chi connectivity index (χ1) is 13.2. The van der Waals surface area contributed by atoms with Crippen LogP contribution < -0.4 is 5.30 Å². The van der Waals surface area contributed by atoms with Crippen LogP contribution >= 0.6 is 7.52 Å². The first-order valence-electron chi connectivity index (χ1n) is 9.50. The Morgan fingerprint density at radius 1 is 0.815 bits per heavy atom. The van der Waals surface area contributed by atoms with Gasteiger partial charge in [-0.1, -0.05) is 78.9 Å². The zero-order chi connectivity index (χ0) is 18.3. The fourth-order valence-corrected chi connectivity index (χ4v) is 7.46. The highest BCUT2D eigenvalue weighted by atomic mass is 31.2. The molecule has 1 unspecified atom stereocenters. The van der Waals surface area contributed by atoms with Crippen LogP contribution in [-0.4, -0.2) is 17.3 Å². The molecule has 5 rings (SSSR count). The number of fused-ring (bicyclic) bond motifs is 1. The van der Waals surface area contributed by atoms with Crippen LogP contribution in [0.1, 0.15) is 24.0 Å². The Bertz CT molecular complexity index is 936. The number of nitrogens with zero attached hydrogens (tertiary/aromatic N) is 1. The first-order valence-corrected chi connectivity index (χ1v) is 11.1. The SMILES string of the molecule is O=P1(c2ccccc2)OC(c2ccccc2)(c2ccccc2)[C@@H]2CCCN21. The summed E-state index contributed by atoms with van der Waals surface area (Å²) in [7, 11) is -3.15. The van der Waals surface area contributed by atoms with Gasteiger partial charge < -0.3 is 0 Å². The maximum Gasteiger partial charge on any atom is 0.303 e. The van der Waals surface area contributed by atoms with Crippen molar-refractivity contribution in [2.75, 3.05) is 6.54 Å². The summed E-state index contributed by atoms with van der Waals surface area (Å²) in [6.45, 7) is 0.804. The Morgan fingerprint density at radius 3 is 1.89 bits per heavy atom. The average molecular weight is 375 g/mol. The van der Waals surface area contributed by atoms with Gasteiger partial charge in [-0.25, -0.2) is 4.67 Å². The number of hydrogen-bond donors (Lipinski definition) is 0. The van der Waals surface area contributed by atoms with Crippen LogP contribution in [0.3, 0.4) is 0 Å². The predicted molar refractivity (Wildman–Crippen MR) is 108 cm³/mol. The Labute approximate surface area is 160 Å². The van der Waals surface area contributed by atoms with Crippen molar-refractivity contribution >= 4 is 12.8 Å². The van der Waals surface area contributed by atoms with Crippen LogP contribution in [0.5, 0.6) is 0 Å². The van der Waals surface area contributed by atoms with Gasteiger partial charge in [-0.15, -0.1) is 0 Å². The molecule has 2 atom stereocenters. The lowest BCUT2D eigenvalue weighted by molar-refractivity contribution is 0.109. The molecule has 0 amide bonds. The Kier molecular flexibility index (Phi) is 4.05. The molecular formula is C23H22NO2P. The largest absolute Gasteiger partial charge is 0.303 e. The maximum atomic E-state index is 14.3. The molecule has 0 aromatic heterocycles. The molecule has 2 heterocycles. The van der Waals surface area contributed by atoms with E-state index in [9.17, 15) is 4.57 Å². The topological polar surface area (TPSA) is 29.5 Å². The zero-order valence-corrected chi connectivity index (χ0v) is 16.0. The summed E-state index contributed by atoms with van der Waals surface area (Å²) in [5.41, 5.74) is 1.42. The quantitative estimate of drug-likeness (QED) is 0.607. The second kappa shape index (κ2) is 6.45. The van der Waals surface area contributed by atoms with Crippen molar-refractivity contribution in [1.82, 2.24) is 4.67 Å². The van der Waals surface area contributed by atoms with E-state index in [1.165, 1.54) is 0 Å². The molecule has 0 saturated carbocycles. The van der Waals surface area contributed by atoms with Gasteiger partial charge in [0.15, 0.2) is 0 Å². The summed E-state index contributed by atoms with van der Waals surface area (Å²) in [6, 6.07) is 30.3. The van der Waals surface area contributed by atoms with Crippen LogP contribution in [0.4, 0.5) is 0 Å². The van der Waals surface area contributed by atoms with Crippen LogP contribution in [0.2, 0.25) is 0 Å². The van der Waals surface area contributed by atoms with E-state index in [4.69, 9.17) is 4.52 Å². The van der Waals surface area contributed by atoms with Crippen molar-refractivity contribution < 1.29 is 9.09 Å². The van der Waals surface area contributed by atoms with E-state index in [1.807, 2.05) is 66.7 Å². The van der Waals surface area contributed by atoms with Gasteiger partial charge in [0.2, 0.25) is 0 Å². The second-order valence-corrected chi connectivity index (χ2v) is 9.49. The zero-order valence-electron chi connectivity index (χ0n) is 15.1. The summed E-state index contributed by atoms with van der Waals surface area (Å²) < 4.78 is 23.2. The van der Waals surface area contributed by atoms with E-state index in [0.717, 1.165) is 35.8 Å². The van der Waals surface area contributed by atoms with Crippen molar-refractivity contribution in [2.24, 2.45) is 0 Å². The summed E-state index contributed by atoms with van der Waals surface area (Å²) in [4.78, 5) is 0. The molecule has 0 N–H and O–H groups in total. The third-order valence-electron chi connectivity index (χ3n) is 5.79. The molecule has 2 aliphatic rings. The maximum absolute atomic E-state index is 14.3. The Balaban J connectivity index is 1.76. The van der Waals surface area contributed by atoms with E-state index in [-0.39, 0.29) is 6.04 Å². The molecule has 0 radical (unpaired) electrons. The Morgan fingerprint density at radius 2 is 1.33 bits per heavy atom. The minimum absolute atomic E-state index is 0.0633. The standard InChI is InChI=1S/C23H22NO2P/c25-27(21-15-8-3-9-16-21)24-18-10-17-22(24)23(26-27,19-11-4-1-5-12-19)20-13-6-2-7-14-20/h1-9,11-16,22H,10,17-18H2/t22-,27?/m0/s1. The van der Waals surface area contributed by atoms with Crippen LogP contribution in [0, 0.1) is 0 Å². The summed E-state index contributed by atoms with van der Waals surface area (Å²) in [5, 5.41) is 0.783. The second-order valence-electron chi connectivity index (χ2n) is 7.24. The van der Waals surface area contributed by atoms with Gasteiger partial charge in [-0.3, -0.25) is 9.09 Å². The monoisotopic (exact) mass is 375 g/mol. The fourth-order valence-electron chi connectivity index (χ4n) is 4.63. The third-order valence-corrected chi connectivity index (χ3v) is 8.43. The van der Waals surface area contributed by atoms with Gasteiger partial charge in [-0.05, 0) is 36.1 Å². The molecule has 0 aliphatic carbocycles. The van der Waals surface area contributed by atoms with E-state index >= 15 is 0 Å². The van der Waals surface area contributed by atoms with E-state index in [2.05, 4.69) is 28.9 Å². The lowest BCUT2D eigenvalue weighted by atomic mass is 9.79. The third kappa shape index (κ3) is 2.46. The van der Waals surface area contributed by atoms with Gasteiger partial charge >= 0.3 is 7.52 Å². The van der Waals surface area contributed by atoms with Crippen molar-refractivity contribution in [2.45, 2.75) is 24.5 Å². The molecule has 3 aromatic carbocycles. The highest BCUT2D eigenvalue weighted by molar-refractivity contribution is 7.65. The molecule has 3 aromatic rings. The van der Waals surface area contributed by atoms with Crippen molar-refractivity contribution in [3.63, 3.8) is 0 Å². The van der Waals surface area contributed by atoms with Crippen molar-refractivity contribution in [1.29, 1.82) is 0 Å². The van der Waals surface area contributed by atoms with Gasteiger partial charge in [0.25, 0.3) is 0 Å². The number of rotatable bonds is 3. The molecule has 2 aliphatic heterocycles. The number of benzene rings is 3. The summed E-state index contributed by atoms with van der Waals surface area (Å²) >= 11 is 0. The van der Waals surface area contributed by atoms with Gasteiger partial charge in [-0.2, -0.15) is 0 Å². The smallest absolute Gasteiger partial charge is 0.296 e. The highest BCUT2D eigenvalue weighted by Gasteiger charge is 2.62. The minimum atomic E-state index is -3.15. The molecule has 0 bridgehead atoms. The molecule has 4 heteroatoms. The molecule has 2 saturated heterocycles. The normalized spacial score (nSPS) is 26.7.